The minimum absolute atomic E-state index is 0.0552. The Labute approximate surface area is 151 Å². The molecule has 134 valence electrons. The second kappa shape index (κ2) is 6.23. The van der Waals surface area contributed by atoms with Crippen molar-refractivity contribution in [2.45, 2.75) is 25.3 Å². The lowest BCUT2D eigenvalue weighted by molar-refractivity contribution is -0.00124. The van der Waals surface area contributed by atoms with Gasteiger partial charge < -0.3 is 10.2 Å². The second-order valence-electron chi connectivity index (χ2n) is 7.18. The fraction of sp³-hybridized carbons (Fsp3) is 0.588. The molecule has 2 fully saturated rings. The number of fused-ring (bicyclic) bond motifs is 1. The van der Waals surface area contributed by atoms with E-state index >= 15 is 0 Å². The van der Waals surface area contributed by atoms with E-state index in [1.165, 1.54) is 0 Å². The number of aryl methyl sites for hydroxylation is 1. The molecule has 0 bridgehead atoms. The normalized spacial score (nSPS) is 21.2. The third-order valence-electron chi connectivity index (χ3n) is 5.57. The van der Waals surface area contributed by atoms with Crippen LogP contribution in [0.2, 0.25) is 5.02 Å². The van der Waals surface area contributed by atoms with E-state index in [2.05, 4.69) is 27.3 Å². The van der Waals surface area contributed by atoms with Crippen molar-refractivity contribution in [2.24, 2.45) is 0 Å². The highest BCUT2D eigenvalue weighted by Gasteiger charge is 2.42. The zero-order valence-electron chi connectivity index (χ0n) is 14.6. The maximum atomic E-state index is 13.1. The number of aromatic nitrogens is 3. The summed E-state index contributed by atoms with van der Waals surface area (Å²) in [6.45, 7) is 6.20. The van der Waals surface area contributed by atoms with Crippen LogP contribution in [0.15, 0.2) is 12.4 Å². The van der Waals surface area contributed by atoms with Crippen molar-refractivity contribution >= 4 is 23.2 Å². The van der Waals surface area contributed by atoms with Gasteiger partial charge in [0.15, 0.2) is 11.3 Å². The molecule has 25 heavy (non-hydrogen) atoms. The van der Waals surface area contributed by atoms with Crippen LogP contribution in [-0.4, -0.2) is 75.6 Å². The molecule has 1 amide bonds. The second-order valence-corrected chi connectivity index (χ2v) is 7.56. The van der Waals surface area contributed by atoms with Gasteiger partial charge in [0.1, 0.15) is 5.02 Å². The van der Waals surface area contributed by atoms with E-state index < -0.39 is 0 Å². The van der Waals surface area contributed by atoms with E-state index in [9.17, 15) is 4.79 Å². The number of hydrogen-bond donors (Lipinski definition) is 1. The van der Waals surface area contributed by atoms with E-state index in [-0.39, 0.29) is 11.4 Å². The van der Waals surface area contributed by atoms with Gasteiger partial charge in [0.2, 0.25) is 0 Å². The Morgan fingerprint density at radius 3 is 2.84 bits per heavy atom. The lowest BCUT2D eigenvalue weighted by Crippen LogP contribution is -2.64. The van der Waals surface area contributed by atoms with Crippen molar-refractivity contribution in [1.29, 1.82) is 0 Å². The first-order chi connectivity index (χ1) is 12.0. The van der Waals surface area contributed by atoms with Crippen molar-refractivity contribution in [2.75, 3.05) is 39.8 Å². The van der Waals surface area contributed by atoms with Crippen LogP contribution >= 0.6 is 11.6 Å². The predicted molar refractivity (Wildman–Crippen MR) is 96.1 cm³/mol. The molecule has 2 aliphatic rings. The van der Waals surface area contributed by atoms with Gasteiger partial charge in [-0.3, -0.25) is 9.69 Å². The first-order valence-corrected chi connectivity index (χ1v) is 9.10. The lowest BCUT2D eigenvalue weighted by atomic mass is 9.84. The van der Waals surface area contributed by atoms with Crippen LogP contribution in [0.1, 0.15) is 28.9 Å². The molecule has 2 aliphatic heterocycles. The number of carbonyl (C=O) groups excluding carboxylic acids is 1. The number of rotatable bonds is 1. The van der Waals surface area contributed by atoms with Gasteiger partial charge in [-0.1, -0.05) is 11.6 Å². The molecule has 4 heterocycles. The van der Waals surface area contributed by atoms with Gasteiger partial charge in [-0.05, 0) is 45.5 Å². The standard InChI is InChI=1S/C17H23ClN6O/c1-12-9-20-15-13(18)14(21-24(15)10-12)16(25)23-8-7-22(2)17(11-23)3-5-19-6-4-17/h9-10,19H,3-8,11H2,1-2H3. The van der Waals surface area contributed by atoms with Crippen LogP contribution in [0, 0.1) is 6.92 Å². The number of nitrogens with one attached hydrogen (secondary N) is 1. The smallest absolute Gasteiger partial charge is 0.276 e. The molecule has 0 aromatic carbocycles. The zero-order chi connectivity index (χ0) is 17.6. The van der Waals surface area contributed by atoms with Gasteiger partial charge in [0.05, 0.1) is 0 Å². The molecule has 2 saturated heterocycles. The molecule has 1 N–H and O–H groups in total. The van der Waals surface area contributed by atoms with Crippen LogP contribution in [0.5, 0.6) is 0 Å². The number of halogens is 1. The number of hydrogen-bond acceptors (Lipinski definition) is 5. The maximum absolute atomic E-state index is 13.1. The maximum Gasteiger partial charge on any atom is 0.276 e. The van der Waals surface area contributed by atoms with Crippen molar-refractivity contribution in [3.8, 4) is 0 Å². The average Bonchev–Trinajstić information content (AvgIpc) is 2.93. The Morgan fingerprint density at radius 1 is 1.32 bits per heavy atom. The summed E-state index contributed by atoms with van der Waals surface area (Å²) in [7, 11) is 2.16. The molecule has 0 aliphatic carbocycles. The summed E-state index contributed by atoms with van der Waals surface area (Å²) < 4.78 is 1.60. The first kappa shape index (κ1) is 16.8. The summed E-state index contributed by atoms with van der Waals surface area (Å²) in [5.41, 5.74) is 1.85. The molecule has 0 saturated carbocycles. The molecule has 7 nitrogen and oxygen atoms in total. The molecule has 4 rings (SSSR count). The summed E-state index contributed by atoms with van der Waals surface area (Å²) in [5, 5.41) is 8.15. The number of amides is 1. The van der Waals surface area contributed by atoms with E-state index in [1.807, 2.05) is 18.0 Å². The summed E-state index contributed by atoms with van der Waals surface area (Å²) in [6.07, 6.45) is 5.67. The molecule has 1 spiro atoms. The van der Waals surface area contributed by atoms with Crippen LogP contribution in [-0.2, 0) is 0 Å². The molecule has 0 atom stereocenters. The quantitative estimate of drug-likeness (QED) is 0.825. The molecule has 0 radical (unpaired) electrons. The van der Waals surface area contributed by atoms with Crippen LogP contribution in [0.4, 0.5) is 0 Å². The third kappa shape index (κ3) is 2.80. The van der Waals surface area contributed by atoms with Gasteiger partial charge in [-0.25, -0.2) is 9.50 Å². The van der Waals surface area contributed by atoms with E-state index in [0.29, 0.717) is 22.9 Å². The molecule has 2 aromatic heterocycles. The highest BCUT2D eigenvalue weighted by atomic mass is 35.5. The van der Waals surface area contributed by atoms with Gasteiger partial charge in [0, 0.05) is 37.6 Å². The summed E-state index contributed by atoms with van der Waals surface area (Å²) in [6, 6.07) is 0. The summed E-state index contributed by atoms with van der Waals surface area (Å²) in [5.74, 6) is -0.0980. The van der Waals surface area contributed by atoms with Crippen molar-refractivity contribution in [3.05, 3.63) is 28.7 Å². The highest BCUT2D eigenvalue weighted by Crippen LogP contribution is 2.31. The molecule has 8 heteroatoms. The Morgan fingerprint density at radius 2 is 2.08 bits per heavy atom. The first-order valence-electron chi connectivity index (χ1n) is 8.72. The monoisotopic (exact) mass is 362 g/mol. The van der Waals surface area contributed by atoms with Crippen molar-refractivity contribution < 1.29 is 4.79 Å². The number of piperidine rings is 1. The van der Waals surface area contributed by atoms with E-state index in [0.717, 1.165) is 44.6 Å². The van der Waals surface area contributed by atoms with Gasteiger partial charge in [-0.15, -0.1) is 0 Å². The highest BCUT2D eigenvalue weighted by molar-refractivity contribution is 6.36. The fourth-order valence-corrected chi connectivity index (χ4v) is 4.21. The lowest BCUT2D eigenvalue weighted by Gasteiger charge is -2.51. The van der Waals surface area contributed by atoms with Crippen LogP contribution < -0.4 is 5.32 Å². The Kier molecular flexibility index (Phi) is 4.17. The minimum Gasteiger partial charge on any atom is -0.334 e. The predicted octanol–water partition coefficient (Wildman–Crippen LogP) is 1.20. The number of likely N-dealkylation sites (N-methyl/N-ethyl adjacent to an activating group) is 1. The topological polar surface area (TPSA) is 65.8 Å². The third-order valence-corrected chi connectivity index (χ3v) is 5.92. The minimum atomic E-state index is -0.0980. The average molecular weight is 363 g/mol. The SMILES string of the molecule is Cc1cnc2c(Cl)c(C(=O)N3CCN(C)C4(CCNCC4)C3)nn2c1. The molecular weight excluding hydrogens is 340 g/mol. The molecule has 2 aromatic rings. The largest absolute Gasteiger partial charge is 0.334 e. The summed E-state index contributed by atoms with van der Waals surface area (Å²) in [4.78, 5) is 21.7. The number of nitrogens with zero attached hydrogens (tertiary/aromatic N) is 5. The van der Waals surface area contributed by atoms with Gasteiger partial charge in [-0.2, -0.15) is 5.10 Å². The van der Waals surface area contributed by atoms with Gasteiger partial charge in [0.25, 0.3) is 5.91 Å². The number of carbonyl (C=O) groups is 1. The van der Waals surface area contributed by atoms with Gasteiger partial charge >= 0.3 is 0 Å². The van der Waals surface area contributed by atoms with Crippen molar-refractivity contribution in [1.82, 2.24) is 29.7 Å². The Balaban J connectivity index is 1.63. The molecule has 0 unspecified atom stereocenters. The van der Waals surface area contributed by atoms with Crippen LogP contribution in [0.3, 0.4) is 0 Å². The molecular formula is C17H23ClN6O. The fourth-order valence-electron chi connectivity index (χ4n) is 3.96. The van der Waals surface area contributed by atoms with Crippen LogP contribution in [0.25, 0.3) is 5.65 Å². The Bertz CT molecular complexity index is 813. The zero-order valence-corrected chi connectivity index (χ0v) is 15.4. The number of piperazine rings is 1. The van der Waals surface area contributed by atoms with E-state index in [1.54, 1.807) is 10.7 Å². The summed E-state index contributed by atoms with van der Waals surface area (Å²) >= 11 is 6.42. The Hall–Kier alpha value is -1.70. The van der Waals surface area contributed by atoms with Crippen molar-refractivity contribution in [3.63, 3.8) is 0 Å². The van der Waals surface area contributed by atoms with E-state index in [4.69, 9.17) is 11.6 Å².